The third kappa shape index (κ3) is 1.65. The molecular formula is C12H18Br2O. The Morgan fingerprint density at radius 1 is 1.07 bits per heavy atom. The summed E-state index contributed by atoms with van der Waals surface area (Å²) in [4.78, 5) is 12.1. The minimum absolute atomic E-state index is 0.0520. The number of carbonyl (C=O) groups excluding carboxylic acids is 1. The lowest BCUT2D eigenvalue weighted by atomic mass is 9.60. The van der Waals surface area contributed by atoms with Crippen molar-refractivity contribution in [3.8, 4) is 0 Å². The number of ketones is 1. The van der Waals surface area contributed by atoms with Crippen molar-refractivity contribution in [1.82, 2.24) is 0 Å². The minimum atomic E-state index is 0.0520. The molecule has 2 aliphatic carbocycles. The second-order valence-electron chi connectivity index (χ2n) is 5.22. The maximum Gasteiger partial charge on any atom is 0.160 e. The molecule has 86 valence electrons. The standard InChI is InChI=1S/C12H18Br2O/c1-7-9(13)11(15)10(14)8(2)12(7)5-3-4-6-12/h7-10H,3-6H2,1-2H3/t7-,8+,9+,10-. The number of halogens is 2. The Bertz CT molecular complexity index is 251. The lowest BCUT2D eigenvalue weighted by molar-refractivity contribution is -0.125. The number of Topliss-reactive ketones (excluding diaryl/α,β-unsaturated/α-hetero) is 1. The van der Waals surface area contributed by atoms with Crippen LogP contribution in [-0.4, -0.2) is 15.4 Å². The molecule has 0 heterocycles. The van der Waals surface area contributed by atoms with Gasteiger partial charge in [0.05, 0.1) is 9.65 Å². The Labute approximate surface area is 109 Å². The molecule has 0 aromatic rings. The monoisotopic (exact) mass is 336 g/mol. The van der Waals surface area contributed by atoms with Crippen molar-refractivity contribution in [2.75, 3.05) is 0 Å². The summed E-state index contributed by atoms with van der Waals surface area (Å²) in [6.45, 7) is 4.50. The predicted molar refractivity (Wildman–Crippen MR) is 69.7 cm³/mol. The molecule has 0 unspecified atom stereocenters. The van der Waals surface area contributed by atoms with E-state index in [1.54, 1.807) is 0 Å². The van der Waals surface area contributed by atoms with E-state index in [4.69, 9.17) is 0 Å². The van der Waals surface area contributed by atoms with E-state index in [1.807, 2.05) is 0 Å². The van der Waals surface area contributed by atoms with E-state index in [1.165, 1.54) is 25.7 Å². The zero-order valence-electron chi connectivity index (χ0n) is 9.30. The number of carbonyl (C=O) groups is 1. The summed E-state index contributed by atoms with van der Waals surface area (Å²) in [5.41, 5.74) is 0.399. The predicted octanol–water partition coefficient (Wildman–Crippen LogP) is 3.93. The first-order valence-electron chi connectivity index (χ1n) is 5.82. The van der Waals surface area contributed by atoms with Gasteiger partial charge in [0.15, 0.2) is 5.78 Å². The highest BCUT2D eigenvalue weighted by Gasteiger charge is 2.54. The van der Waals surface area contributed by atoms with Gasteiger partial charge in [-0.25, -0.2) is 0 Å². The van der Waals surface area contributed by atoms with Gasteiger partial charge in [0, 0.05) is 0 Å². The van der Waals surface area contributed by atoms with Crippen molar-refractivity contribution >= 4 is 37.6 Å². The molecule has 0 radical (unpaired) electrons. The minimum Gasteiger partial charge on any atom is -0.297 e. The lowest BCUT2D eigenvalue weighted by Gasteiger charge is -2.49. The van der Waals surface area contributed by atoms with Gasteiger partial charge in [-0.15, -0.1) is 0 Å². The van der Waals surface area contributed by atoms with E-state index in [9.17, 15) is 4.79 Å². The van der Waals surface area contributed by atoms with Gasteiger partial charge >= 0.3 is 0 Å². The van der Waals surface area contributed by atoms with Gasteiger partial charge in [0.2, 0.25) is 0 Å². The average molecular weight is 338 g/mol. The van der Waals surface area contributed by atoms with Crippen molar-refractivity contribution in [2.24, 2.45) is 17.3 Å². The van der Waals surface area contributed by atoms with E-state index in [0.29, 0.717) is 23.0 Å². The van der Waals surface area contributed by atoms with Crippen LogP contribution >= 0.6 is 31.9 Å². The summed E-state index contributed by atoms with van der Waals surface area (Å²) in [6.07, 6.45) is 5.27. The van der Waals surface area contributed by atoms with Gasteiger partial charge in [-0.1, -0.05) is 58.5 Å². The summed E-state index contributed by atoms with van der Waals surface area (Å²) >= 11 is 7.18. The first kappa shape index (κ1) is 12.1. The molecule has 4 atom stereocenters. The van der Waals surface area contributed by atoms with Crippen LogP contribution in [0.25, 0.3) is 0 Å². The van der Waals surface area contributed by atoms with Crippen molar-refractivity contribution in [2.45, 2.75) is 49.2 Å². The van der Waals surface area contributed by atoms with Crippen LogP contribution in [0.2, 0.25) is 0 Å². The first-order chi connectivity index (χ1) is 7.00. The molecule has 0 amide bonds. The first-order valence-corrected chi connectivity index (χ1v) is 7.66. The Balaban J connectivity index is 2.33. The third-order valence-electron chi connectivity index (χ3n) is 4.77. The normalized spacial score (nSPS) is 44.9. The maximum absolute atomic E-state index is 12.0. The molecule has 2 saturated carbocycles. The van der Waals surface area contributed by atoms with Crippen LogP contribution in [0.4, 0.5) is 0 Å². The molecule has 15 heavy (non-hydrogen) atoms. The van der Waals surface area contributed by atoms with Crippen molar-refractivity contribution in [1.29, 1.82) is 0 Å². The number of hydrogen-bond acceptors (Lipinski definition) is 1. The Morgan fingerprint density at radius 3 is 1.87 bits per heavy atom. The zero-order valence-corrected chi connectivity index (χ0v) is 12.5. The van der Waals surface area contributed by atoms with E-state index < -0.39 is 0 Å². The average Bonchev–Trinajstić information content (AvgIpc) is 2.72. The zero-order chi connectivity index (χ0) is 11.2. The quantitative estimate of drug-likeness (QED) is 0.612. The van der Waals surface area contributed by atoms with Crippen LogP contribution in [0.15, 0.2) is 0 Å². The second kappa shape index (κ2) is 4.14. The Kier molecular flexibility index (Phi) is 3.34. The topological polar surface area (TPSA) is 17.1 Å². The molecular weight excluding hydrogens is 320 g/mol. The van der Waals surface area contributed by atoms with Crippen LogP contribution in [0.3, 0.4) is 0 Å². The number of alkyl halides is 2. The molecule has 0 aliphatic heterocycles. The van der Waals surface area contributed by atoms with Gasteiger partial charge in [-0.2, -0.15) is 0 Å². The van der Waals surface area contributed by atoms with Crippen molar-refractivity contribution in [3.63, 3.8) is 0 Å². The van der Waals surface area contributed by atoms with Crippen LogP contribution < -0.4 is 0 Å². The van der Waals surface area contributed by atoms with Gasteiger partial charge in [-0.05, 0) is 30.1 Å². The molecule has 0 saturated heterocycles. The van der Waals surface area contributed by atoms with Crippen LogP contribution in [0, 0.1) is 17.3 Å². The van der Waals surface area contributed by atoms with Crippen molar-refractivity contribution < 1.29 is 4.79 Å². The SMILES string of the molecule is C[C@@H]1[C@H](Br)C(=O)[C@H](Br)[C@H](C)C12CCCC2. The molecule has 2 rings (SSSR count). The Morgan fingerprint density at radius 2 is 1.47 bits per heavy atom. The largest absolute Gasteiger partial charge is 0.297 e. The fourth-order valence-corrected chi connectivity index (χ4v) is 5.56. The third-order valence-corrected chi connectivity index (χ3v) is 7.26. The second-order valence-corrected chi connectivity index (χ2v) is 7.20. The molecule has 3 heteroatoms. The Hall–Kier alpha value is 0.630. The fraction of sp³-hybridized carbons (Fsp3) is 0.917. The lowest BCUT2D eigenvalue weighted by Crippen LogP contribution is -2.52. The van der Waals surface area contributed by atoms with Gasteiger partial charge < -0.3 is 0 Å². The highest BCUT2D eigenvalue weighted by Crippen LogP contribution is 2.57. The van der Waals surface area contributed by atoms with E-state index >= 15 is 0 Å². The van der Waals surface area contributed by atoms with E-state index in [-0.39, 0.29) is 9.65 Å². The molecule has 2 aliphatic rings. The smallest absolute Gasteiger partial charge is 0.160 e. The van der Waals surface area contributed by atoms with Gasteiger partial charge in [-0.3, -0.25) is 4.79 Å². The van der Waals surface area contributed by atoms with Crippen LogP contribution in [0.5, 0.6) is 0 Å². The highest BCUT2D eigenvalue weighted by molar-refractivity contribution is 9.10. The summed E-state index contributed by atoms with van der Waals surface area (Å²) in [5, 5.41) is 0. The maximum atomic E-state index is 12.0. The molecule has 0 bridgehead atoms. The molecule has 1 spiro atoms. The summed E-state index contributed by atoms with van der Waals surface area (Å²) in [5.74, 6) is 1.31. The summed E-state index contributed by atoms with van der Waals surface area (Å²) in [7, 11) is 0. The summed E-state index contributed by atoms with van der Waals surface area (Å²) < 4.78 is 0. The van der Waals surface area contributed by atoms with E-state index in [0.717, 1.165) is 0 Å². The molecule has 0 N–H and O–H groups in total. The summed E-state index contributed by atoms with van der Waals surface area (Å²) in [6, 6.07) is 0. The molecule has 0 aromatic carbocycles. The highest BCUT2D eigenvalue weighted by atomic mass is 79.9. The fourth-order valence-electron chi connectivity index (χ4n) is 3.59. The van der Waals surface area contributed by atoms with Crippen LogP contribution in [-0.2, 0) is 4.79 Å². The van der Waals surface area contributed by atoms with Crippen molar-refractivity contribution in [3.05, 3.63) is 0 Å². The molecule has 0 aromatic heterocycles. The van der Waals surface area contributed by atoms with E-state index in [2.05, 4.69) is 45.7 Å². The van der Waals surface area contributed by atoms with Gasteiger partial charge in [0.1, 0.15) is 0 Å². The van der Waals surface area contributed by atoms with Crippen LogP contribution in [0.1, 0.15) is 39.5 Å². The number of hydrogen-bond donors (Lipinski definition) is 0. The molecule has 1 nitrogen and oxygen atoms in total. The van der Waals surface area contributed by atoms with Gasteiger partial charge in [0.25, 0.3) is 0 Å². The molecule has 2 fully saturated rings. The number of rotatable bonds is 0.